The van der Waals surface area contributed by atoms with Crippen molar-refractivity contribution in [2.75, 3.05) is 31.8 Å². The van der Waals surface area contributed by atoms with E-state index in [9.17, 15) is 14.9 Å². The summed E-state index contributed by atoms with van der Waals surface area (Å²) in [6, 6.07) is 5.98. The lowest BCUT2D eigenvalue weighted by molar-refractivity contribution is 0.289. The van der Waals surface area contributed by atoms with Gasteiger partial charge in [0.1, 0.15) is 7.14 Å². The molecule has 1 atom stereocenters. The van der Waals surface area contributed by atoms with E-state index in [1.54, 1.807) is 25.6 Å². The van der Waals surface area contributed by atoms with Crippen LogP contribution in [0.2, 0.25) is 0 Å². The van der Waals surface area contributed by atoms with Crippen molar-refractivity contribution in [3.8, 4) is 17.3 Å². The maximum atomic E-state index is 13.0. The number of aliphatic hydroxyl groups is 1. The molecule has 2 aromatic heterocycles. The van der Waals surface area contributed by atoms with Crippen molar-refractivity contribution in [3.63, 3.8) is 0 Å². The third-order valence-corrected chi connectivity index (χ3v) is 7.81. The van der Waals surface area contributed by atoms with Crippen molar-refractivity contribution in [2.45, 2.75) is 44.7 Å². The first-order valence-electron chi connectivity index (χ1n) is 11.2. The fourth-order valence-corrected chi connectivity index (χ4v) is 5.90. The Morgan fingerprint density at radius 3 is 2.79 bits per heavy atom. The second-order valence-corrected chi connectivity index (χ2v) is 12.9. The van der Waals surface area contributed by atoms with Gasteiger partial charge in [0.25, 0.3) is 0 Å². The fourth-order valence-electron chi connectivity index (χ4n) is 4.47. The number of aromatic amines is 1. The summed E-state index contributed by atoms with van der Waals surface area (Å²) in [5, 5.41) is 27.5. The molecule has 9 heteroatoms. The van der Waals surface area contributed by atoms with Gasteiger partial charge in [-0.2, -0.15) is 5.26 Å². The van der Waals surface area contributed by atoms with Crippen molar-refractivity contribution in [1.29, 1.82) is 5.26 Å². The number of anilines is 1. The minimum absolute atomic E-state index is 0.0178. The Kier molecular flexibility index (Phi) is 6.32. The van der Waals surface area contributed by atoms with Crippen molar-refractivity contribution < 1.29 is 9.67 Å². The maximum absolute atomic E-state index is 13.0. The van der Waals surface area contributed by atoms with Crippen LogP contribution in [0.4, 0.5) is 5.95 Å². The van der Waals surface area contributed by atoms with Crippen LogP contribution in [0.3, 0.4) is 0 Å². The summed E-state index contributed by atoms with van der Waals surface area (Å²) in [6.45, 7) is 8.57. The van der Waals surface area contributed by atoms with Gasteiger partial charge in [0, 0.05) is 48.1 Å². The van der Waals surface area contributed by atoms with E-state index in [0.29, 0.717) is 28.8 Å². The van der Waals surface area contributed by atoms with E-state index in [1.807, 2.05) is 12.3 Å². The van der Waals surface area contributed by atoms with Gasteiger partial charge in [0.2, 0.25) is 5.95 Å². The smallest absolute Gasteiger partial charge is 0.223 e. The van der Waals surface area contributed by atoms with Crippen LogP contribution in [0.1, 0.15) is 37.8 Å². The largest absolute Gasteiger partial charge is 0.396 e. The number of hydrogen-bond donors (Lipinski definition) is 4. The Balaban J connectivity index is 1.77. The molecule has 0 aliphatic carbocycles. The summed E-state index contributed by atoms with van der Waals surface area (Å²) < 4.78 is 13.0. The number of hydrogen-bond acceptors (Lipinski definition) is 7. The molecule has 0 radical (unpaired) electrons. The molecule has 1 fully saturated rings. The maximum Gasteiger partial charge on any atom is 0.223 e. The number of rotatable bonds is 6. The van der Waals surface area contributed by atoms with E-state index >= 15 is 0 Å². The number of piperidine rings is 1. The van der Waals surface area contributed by atoms with Gasteiger partial charge in [-0.1, -0.05) is 6.07 Å². The molecule has 33 heavy (non-hydrogen) atoms. The van der Waals surface area contributed by atoms with Crippen LogP contribution >= 0.6 is 7.14 Å². The van der Waals surface area contributed by atoms with E-state index < -0.39 is 7.14 Å². The summed E-state index contributed by atoms with van der Waals surface area (Å²) in [6.07, 6.45) is 6.09. The second-order valence-electron chi connectivity index (χ2n) is 9.74. The Bertz CT molecular complexity index is 1260. The Morgan fingerprint density at radius 2 is 2.15 bits per heavy atom. The molecule has 0 spiro atoms. The third-order valence-electron chi connectivity index (χ3n) is 6.27. The summed E-state index contributed by atoms with van der Waals surface area (Å²) in [7, 11) is -2.71. The highest BCUT2D eigenvalue weighted by Crippen LogP contribution is 2.41. The summed E-state index contributed by atoms with van der Waals surface area (Å²) in [5.41, 5.74) is 3.62. The average molecular weight is 467 g/mol. The lowest BCUT2D eigenvalue weighted by Gasteiger charge is -2.36. The van der Waals surface area contributed by atoms with Gasteiger partial charge in [0.15, 0.2) is 0 Å². The molecule has 1 aromatic carbocycles. The lowest BCUT2D eigenvalue weighted by Crippen LogP contribution is -2.50. The molecule has 1 saturated heterocycles. The third kappa shape index (κ3) is 4.81. The summed E-state index contributed by atoms with van der Waals surface area (Å²) >= 11 is 0. The first-order chi connectivity index (χ1) is 15.6. The number of aliphatic hydroxyl groups excluding tert-OH is 1. The van der Waals surface area contributed by atoms with Crippen LogP contribution in [0, 0.1) is 11.3 Å². The van der Waals surface area contributed by atoms with Crippen LogP contribution in [0.25, 0.3) is 22.2 Å². The molecule has 8 nitrogen and oxygen atoms in total. The lowest BCUT2D eigenvalue weighted by atomic mass is 9.91. The van der Waals surface area contributed by atoms with Crippen molar-refractivity contribution in [2.24, 2.45) is 0 Å². The molecule has 4 N–H and O–H groups in total. The number of nitrogens with zero attached hydrogens (tertiary/aromatic N) is 3. The Morgan fingerprint density at radius 1 is 1.36 bits per heavy atom. The Labute approximate surface area is 194 Å². The highest BCUT2D eigenvalue weighted by Gasteiger charge is 2.27. The molecule has 3 heterocycles. The van der Waals surface area contributed by atoms with E-state index in [1.165, 1.54) is 0 Å². The molecular formula is C24H31N6O2P. The van der Waals surface area contributed by atoms with Crippen LogP contribution in [-0.2, 0) is 11.0 Å². The van der Waals surface area contributed by atoms with Gasteiger partial charge < -0.3 is 25.3 Å². The zero-order valence-corrected chi connectivity index (χ0v) is 20.5. The highest BCUT2D eigenvalue weighted by atomic mass is 31.2. The first-order valence-corrected chi connectivity index (χ1v) is 13.8. The number of nitriles is 1. The van der Waals surface area contributed by atoms with Gasteiger partial charge in [-0.15, -0.1) is 0 Å². The Hall–Kier alpha value is -2.72. The van der Waals surface area contributed by atoms with Crippen molar-refractivity contribution in [1.82, 2.24) is 20.3 Å². The predicted molar refractivity (Wildman–Crippen MR) is 133 cm³/mol. The van der Waals surface area contributed by atoms with Gasteiger partial charge in [-0.3, -0.25) is 0 Å². The van der Waals surface area contributed by atoms with E-state index in [4.69, 9.17) is 4.98 Å². The van der Waals surface area contributed by atoms with Crippen molar-refractivity contribution >= 4 is 29.3 Å². The molecule has 0 amide bonds. The number of aromatic nitrogens is 3. The topological polar surface area (TPSA) is 127 Å². The standard InChI is InChI=1S/C24H31N6O2P/c1-24(2)9-7-17(13-28-24)29-23-27-12-16(8-10-31)20(30-23)19-14-26-21-18(19)6-5-15(11-25)22(21)33(3,4)32/h5-6,12,14,17,26,28,31H,7-10,13H2,1-4H3,(H,27,29,30)/t17-/m0/s1. The SMILES string of the molecule is CC1(C)CC[C@H](Nc2ncc(CCO)c(-c3c[nH]c4c(P(C)(C)=O)c(C#N)ccc34)n2)CN1. The second kappa shape index (κ2) is 8.90. The molecule has 4 rings (SSSR count). The monoisotopic (exact) mass is 466 g/mol. The van der Waals surface area contributed by atoms with E-state index in [0.717, 1.165) is 41.6 Å². The number of fused-ring (bicyclic) bond motifs is 1. The van der Waals surface area contributed by atoms with Gasteiger partial charge in [0.05, 0.1) is 28.1 Å². The summed E-state index contributed by atoms with van der Waals surface area (Å²) in [5.74, 6) is 0.540. The van der Waals surface area contributed by atoms with E-state index in [2.05, 4.69) is 40.5 Å². The molecule has 0 saturated carbocycles. The minimum atomic E-state index is -2.71. The fraction of sp³-hybridized carbons (Fsp3) is 0.458. The van der Waals surface area contributed by atoms with Crippen molar-refractivity contribution in [3.05, 3.63) is 35.7 Å². The minimum Gasteiger partial charge on any atom is -0.396 e. The predicted octanol–water partition coefficient (Wildman–Crippen LogP) is 3.22. The molecule has 1 aliphatic rings. The number of nitrogens with one attached hydrogen (secondary N) is 3. The van der Waals surface area contributed by atoms with Crippen LogP contribution < -0.4 is 15.9 Å². The molecule has 0 unspecified atom stereocenters. The normalized spacial score (nSPS) is 18.2. The van der Waals surface area contributed by atoms with Gasteiger partial charge in [-0.25, -0.2) is 9.97 Å². The zero-order valence-electron chi connectivity index (χ0n) is 19.6. The molecule has 0 bridgehead atoms. The highest BCUT2D eigenvalue weighted by molar-refractivity contribution is 7.70. The van der Waals surface area contributed by atoms with Crippen LogP contribution in [0.15, 0.2) is 24.5 Å². The molecule has 1 aliphatic heterocycles. The molecule has 174 valence electrons. The van der Waals surface area contributed by atoms with Gasteiger partial charge >= 0.3 is 0 Å². The summed E-state index contributed by atoms with van der Waals surface area (Å²) in [4.78, 5) is 12.6. The zero-order chi connectivity index (χ0) is 23.8. The molecule has 3 aromatic rings. The number of benzene rings is 1. The average Bonchev–Trinajstić information content (AvgIpc) is 3.18. The molecular weight excluding hydrogens is 435 g/mol. The van der Waals surface area contributed by atoms with Crippen LogP contribution in [0.5, 0.6) is 0 Å². The quantitative estimate of drug-likeness (QED) is 0.411. The van der Waals surface area contributed by atoms with E-state index in [-0.39, 0.29) is 18.2 Å². The number of H-pyrrole nitrogens is 1. The van der Waals surface area contributed by atoms with Crippen LogP contribution in [-0.4, -0.2) is 58.1 Å². The first kappa shape index (κ1) is 23.4. The van der Waals surface area contributed by atoms with Gasteiger partial charge in [-0.05, 0) is 58.1 Å².